The summed E-state index contributed by atoms with van der Waals surface area (Å²) in [7, 11) is 1.87. The Morgan fingerprint density at radius 2 is 1.89 bits per heavy atom. The lowest BCUT2D eigenvalue weighted by Gasteiger charge is -2.49. The molecule has 6 heteroatoms. The lowest BCUT2D eigenvalue weighted by atomic mass is 9.80. The zero-order valence-corrected chi connectivity index (χ0v) is 18.1. The van der Waals surface area contributed by atoms with E-state index in [1.54, 1.807) is 0 Å². The SMILES string of the molecule is CNC(Cc1ccc(Cl)cc1C)C(=O)N1CCN(C2(CN)CCCCC2)CC1. The molecule has 1 atom stereocenters. The third-order valence-electron chi connectivity index (χ3n) is 6.80. The van der Waals surface area contributed by atoms with Crippen LogP contribution in [-0.2, 0) is 11.2 Å². The number of likely N-dealkylation sites (N-methyl/N-ethyl adjacent to an activating group) is 1. The molecule has 0 bridgehead atoms. The maximum atomic E-state index is 13.1. The average molecular weight is 407 g/mol. The number of nitrogens with one attached hydrogen (secondary N) is 1. The van der Waals surface area contributed by atoms with Crippen LogP contribution < -0.4 is 11.1 Å². The molecule has 3 N–H and O–H groups in total. The molecule has 156 valence electrons. The van der Waals surface area contributed by atoms with E-state index in [0.29, 0.717) is 6.42 Å². The quantitative estimate of drug-likeness (QED) is 0.762. The van der Waals surface area contributed by atoms with Crippen LogP contribution in [-0.4, -0.2) is 67.1 Å². The topological polar surface area (TPSA) is 61.6 Å². The second kappa shape index (κ2) is 9.57. The highest BCUT2D eigenvalue weighted by molar-refractivity contribution is 6.30. The molecular weight excluding hydrogens is 372 g/mol. The molecule has 1 aliphatic heterocycles. The van der Waals surface area contributed by atoms with Crippen LogP contribution in [0.15, 0.2) is 18.2 Å². The van der Waals surface area contributed by atoms with Crippen molar-refractivity contribution < 1.29 is 4.79 Å². The second-order valence-electron chi connectivity index (χ2n) is 8.42. The minimum absolute atomic E-state index is 0.163. The maximum Gasteiger partial charge on any atom is 0.240 e. The number of amides is 1. The zero-order valence-electron chi connectivity index (χ0n) is 17.3. The standard InChI is InChI=1S/C22H35ClN4O/c1-17-14-19(23)7-6-18(17)15-20(25-2)21(28)26-10-12-27(13-11-26)22(16-24)8-4-3-5-9-22/h6-7,14,20,25H,3-5,8-13,15-16,24H2,1-2H3. The Bertz CT molecular complexity index is 667. The molecule has 2 aliphatic rings. The van der Waals surface area contributed by atoms with Crippen molar-refractivity contribution in [3.05, 3.63) is 34.3 Å². The van der Waals surface area contributed by atoms with Crippen molar-refractivity contribution in [2.24, 2.45) is 5.73 Å². The Kier molecular flexibility index (Phi) is 7.37. The molecule has 0 spiro atoms. The lowest BCUT2D eigenvalue weighted by molar-refractivity contribution is -0.136. The third-order valence-corrected chi connectivity index (χ3v) is 7.04. The number of nitrogens with two attached hydrogens (primary N) is 1. The minimum atomic E-state index is -0.204. The normalized spacial score (nSPS) is 21.5. The van der Waals surface area contributed by atoms with Crippen molar-refractivity contribution in [1.29, 1.82) is 0 Å². The number of carbonyl (C=O) groups excluding carboxylic acids is 1. The molecule has 3 rings (SSSR count). The highest BCUT2D eigenvalue weighted by Gasteiger charge is 2.39. The van der Waals surface area contributed by atoms with E-state index in [1.807, 2.05) is 37.1 Å². The first kappa shape index (κ1) is 21.6. The summed E-state index contributed by atoms with van der Waals surface area (Å²) in [6.45, 7) is 6.22. The Labute approximate surface area is 174 Å². The molecular formula is C22H35ClN4O. The van der Waals surface area contributed by atoms with Crippen molar-refractivity contribution in [3.63, 3.8) is 0 Å². The van der Waals surface area contributed by atoms with Crippen molar-refractivity contribution in [2.45, 2.75) is 57.0 Å². The predicted octanol–water partition coefficient (Wildman–Crippen LogP) is 2.58. The lowest BCUT2D eigenvalue weighted by Crippen LogP contribution is -2.62. The summed E-state index contributed by atoms with van der Waals surface area (Å²) in [6.07, 6.45) is 6.97. The molecule has 1 amide bonds. The Hall–Kier alpha value is -1.14. The number of carbonyl (C=O) groups is 1. The van der Waals surface area contributed by atoms with Gasteiger partial charge in [-0.25, -0.2) is 0 Å². The molecule has 5 nitrogen and oxygen atoms in total. The molecule has 1 unspecified atom stereocenters. The molecule has 28 heavy (non-hydrogen) atoms. The van der Waals surface area contributed by atoms with E-state index < -0.39 is 0 Å². The van der Waals surface area contributed by atoms with E-state index >= 15 is 0 Å². The zero-order chi connectivity index (χ0) is 20.1. The fourth-order valence-electron chi connectivity index (χ4n) is 4.90. The molecule has 1 aliphatic carbocycles. The summed E-state index contributed by atoms with van der Waals surface area (Å²) >= 11 is 6.07. The van der Waals surface area contributed by atoms with Crippen molar-refractivity contribution in [2.75, 3.05) is 39.8 Å². The van der Waals surface area contributed by atoms with E-state index in [4.69, 9.17) is 17.3 Å². The summed E-state index contributed by atoms with van der Waals surface area (Å²) < 4.78 is 0. The smallest absolute Gasteiger partial charge is 0.240 e. The predicted molar refractivity (Wildman–Crippen MR) is 116 cm³/mol. The van der Waals surface area contributed by atoms with Gasteiger partial charge in [-0.3, -0.25) is 9.69 Å². The fourth-order valence-corrected chi connectivity index (χ4v) is 5.13. The molecule has 0 radical (unpaired) electrons. The van der Waals surface area contributed by atoms with Gasteiger partial charge < -0.3 is 16.0 Å². The summed E-state index contributed by atoms with van der Waals surface area (Å²) in [5.74, 6) is 0.196. The van der Waals surface area contributed by atoms with Crippen LogP contribution in [0.1, 0.15) is 43.2 Å². The first-order valence-electron chi connectivity index (χ1n) is 10.7. The number of benzene rings is 1. The van der Waals surface area contributed by atoms with Crippen LogP contribution in [0.5, 0.6) is 0 Å². The Morgan fingerprint density at radius 3 is 2.46 bits per heavy atom. The Balaban J connectivity index is 1.60. The fraction of sp³-hybridized carbons (Fsp3) is 0.682. The van der Waals surface area contributed by atoms with Crippen LogP contribution in [0.2, 0.25) is 5.02 Å². The number of aryl methyl sites for hydroxylation is 1. The molecule has 1 saturated heterocycles. The second-order valence-corrected chi connectivity index (χ2v) is 8.85. The Morgan fingerprint density at radius 1 is 1.21 bits per heavy atom. The highest BCUT2D eigenvalue weighted by Crippen LogP contribution is 2.33. The largest absolute Gasteiger partial charge is 0.339 e. The average Bonchev–Trinajstić information content (AvgIpc) is 2.73. The number of nitrogens with zero attached hydrogens (tertiary/aromatic N) is 2. The van der Waals surface area contributed by atoms with Crippen molar-refractivity contribution in [1.82, 2.24) is 15.1 Å². The molecule has 2 fully saturated rings. The van der Waals surface area contributed by atoms with E-state index in [9.17, 15) is 4.79 Å². The van der Waals surface area contributed by atoms with Gasteiger partial charge >= 0.3 is 0 Å². The van der Waals surface area contributed by atoms with Crippen LogP contribution in [0.25, 0.3) is 0 Å². The molecule has 0 aromatic heterocycles. The van der Waals surface area contributed by atoms with Gasteiger partial charge in [-0.05, 0) is 56.5 Å². The number of hydrogen-bond acceptors (Lipinski definition) is 4. The van der Waals surface area contributed by atoms with Crippen molar-refractivity contribution in [3.8, 4) is 0 Å². The van der Waals surface area contributed by atoms with Gasteiger partial charge in [0.1, 0.15) is 0 Å². The number of piperazine rings is 1. The van der Waals surface area contributed by atoms with Crippen LogP contribution in [0.3, 0.4) is 0 Å². The van der Waals surface area contributed by atoms with E-state index in [1.165, 1.54) is 37.7 Å². The van der Waals surface area contributed by atoms with Crippen LogP contribution in [0.4, 0.5) is 0 Å². The van der Waals surface area contributed by atoms with Gasteiger partial charge in [0.25, 0.3) is 0 Å². The maximum absolute atomic E-state index is 13.1. The number of halogens is 1. The van der Waals surface area contributed by atoms with Crippen LogP contribution in [0, 0.1) is 6.92 Å². The van der Waals surface area contributed by atoms with Gasteiger partial charge in [0.2, 0.25) is 5.91 Å². The molecule has 1 saturated carbocycles. The summed E-state index contributed by atoms with van der Waals surface area (Å²) in [4.78, 5) is 17.7. The van der Waals surface area contributed by atoms with E-state index in [0.717, 1.165) is 43.3 Å². The van der Waals surface area contributed by atoms with E-state index in [2.05, 4.69) is 10.2 Å². The third kappa shape index (κ3) is 4.70. The molecule has 1 aromatic rings. The van der Waals surface area contributed by atoms with Crippen LogP contribution >= 0.6 is 11.6 Å². The monoisotopic (exact) mass is 406 g/mol. The minimum Gasteiger partial charge on any atom is -0.339 e. The summed E-state index contributed by atoms with van der Waals surface area (Å²) in [5, 5.41) is 3.96. The first-order chi connectivity index (χ1) is 13.5. The highest BCUT2D eigenvalue weighted by atomic mass is 35.5. The number of hydrogen-bond donors (Lipinski definition) is 2. The molecule has 1 aromatic carbocycles. The first-order valence-corrected chi connectivity index (χ1v) is 11.0. The van der Waals surface area contributed by atoms with Gasteiger partial charge in [0.05, 0.1) is 6.04 Å². The van der Waals surface area contributed by atoms with Gasteiger partial charge in [-0.2, -0.15) is 0 Å². The van der Waals surface area contributed by atoms with Crippen molar-refractivity contribution >= 4 is 17.5 Å². The summed E-state index contributed by atoms with van der Waals surface area (Å²) in [6, 6.07) is 5.69. The van der Waals surface area contributed by atoms with Gasteiger partial charge in [-0.1, -0.05) is 36.9 Å². The summed E-state index contributed by atoms with van der Waals surface area (Å²) in [5.41, 5.74) is 8.66. The molecule has 1 heterocycles. The van der Waals surface area contributed by atoms with Gasteiger partial charge in [-0.15, -0.1) is 0 Å². The van der Waals surface area contributed by atoms with Gasteiger partial charge in [0, 0.05) is 43.3 Å². The number of rotatable bonds is 6. The van der Waals surface area contributed by atoms with Gasteiger partial charge in [0.15, 0.2) is 0 Å². The van der Waals surface area contributed by atoms with E-state index in [-0.39, 0.29) is 17.5 Å².